The zero-order valence-electron chi connectivity index (χ0n) is 13.0. The third kappa shape index (κ3) is 3.55. The fourth-order valence-electron chi connectivity index (χ4n) is 2.35. The van der Waals surface area contributed by atoms with E-state index in [1.54, 1.807) is 23.1 Å². The summed E-state index contributed by atoms with van der Waals surface area (Å²) >= 11 is 0. The zero-order valence-corrected chi connectivity index (χ0v) is 13.0. The van der Waals surface area contributed by atoms with Crippen molar-refractivity contribution in [3.8, 4) is 5.75 Å². The van der Waals surface area contributed by atoms with Gasteiger partial charge in [-0.05, 0) is 31.6 Å². The maximum atomic E-state index is 12.8. The Kier molecular flexibility index (Phi) is 5.37. The molecule has 1 N–H and O–H groups in total. The van der Waals surface area contributed by atoms with Crippen LogP contribution in [0.15, 0.2) is 54.6 Å². The Balaban J connectivity index is 2.53. The highest BCUT2D eigenvalue weighted by Crippen LogP contribution is 2.28. The number of carbonyl (C=O) groups excluding carboxylic acids is 1. The van der Waals surface area contributed by atoms with Gasteiger partial charge in [0.1, 0.15) is 5.75 Å². The second-order valence-electron chi connectivity index (χ2n) is 4.96. The van der Waals surface area contributed by atoms with Crippen LogP contribution in [0.5, 0.6) is 5.75 Å². The van der Waals surface area contributed by atoms with E-state index in [1.807, 2.05) is 56.3 Å². The summed E-state index contributed by atoms with van der Waals surface area (Å²) in [6.45, 7) is 5.17. The second-order valence-corrected chi connectivity index (χ2v) is 4.96. The second kappa shape index (κ2) is 7.46. The molecule has 0 aliphatic rings. The minimum Gasteiger partial charge on any atom is -0.507 e. The first-order chi connectivity index (χ1) is 10.7. The van der Waals surface area contributed by atoms with Crippen LogP contribution >= 0.6 is 0 Å². The van der Waals surface area contributed by atoms with Gasteiger partial charge in [-0.25, -0.2) is 0 Å². The van der Waals surface area contributed by atoms with Gasteiger partial charge in [-0.2, -0.15) is 0 Å². The number of hydrogen-bond acceptors (Lipinski definition) is 2. The Morgan fingerprint density at radius 1 is 1.00 bits per heavy atom. The summed E-state index contributed by atoms with van der Waals surface area (Å²) in [4.78, 5) is 14.6. The van der Waals surface area contributed by atoms with Crippen LogP contribution in [-0.2, 0) is 4.79 Å². The molecule has 2 aromatic rings. The largest absolute Gasteiger partial charge is 0.507 e. The molecule has 2 aromatic carbocycles. The first kappa shape index (κ1) is 15.8. The summed E-state index contributed by atoms with van der Waals surface area (Å²) in [5, 5.41) is 10.1. The van der Waals surface area contributed by atoms with E-state index in [0.717, 1.165) is 5.56 Å². The van der Waals surface area contributed by atoms with Crippen molar-refractivity contribution in [3.63, 3.8) is 0 Å². The number of likely N-dealkylation sites (N-methyl/N-ethyl adjacent to an activating group) is 1. The Bertz CT molecular complexity index is 658. The molecule has 1 amide bonds. The minimum absolute atomic E-state index is 0.0737. The van der Waals surface area contributed by atoms with Crippen molar-refractivity contribution in [2.24, 2.45) is 0 Å². The van der Waals surface area contributed by atoms with E-state index in [9.17, 15) is 9.90 Å². The topological polar surface area (TPSA) is 40.5 Å². The molecule has 2 rings (SSSR count). The molecule has 0 fully saturated rings. The number of benzene rings is 2. The van der Waals surface area contributed by atoms with Gasteiger partial charge in [0.2, 0.25) is 0 Å². The van der Waals surface area contributed by atoms with Crippen LogP contribution in [0, 0.1) is 0 Å². The van der Waals surface area contributed by atoms with Crippen LogP contribution in [0.1, 0.15) is 25.0 Å². The molecule has 0 atom stereocenters. The molecular weight excluding hydrogens is 274 g/mol. The van der Waals surface area contributed by atoms with Crippen molar-refractivity contribution in [1.82, 2.24) is 4.90 Å². The van der Waals surface area contributed by atoms with Gasteiger partial charge in [-0.3, -0.25) is 4.79 Å². The number of carbonyl (C=O) groups is 1. The lowest BCUT2D eigenvalue weighted by molar-refractivity contribution is -0.124. The van der Waals surface area contributed by atoms with Gasteiger partial charge in [-0.1, -0.05) is 48.5 Å². The minimum atomic E-state index is -0.0737. The summed E-state index contributed by atoms with van der Waals surface area (Å²) in [5.74, 6) is 0.0422. The number of rotatable bonds is 5. The number of hydrogen-bond donors (Lipinski definition) is 1. The monoisotopic (exact) mass is 295 g/mol. The lowest BCUT2D eigenvalue weighted by Gasteiger charge is -2.21. The molecule has 22 heavy (non-hydrogen) atoms. The van der Waals surface area contributed by atoms with Gasteiger partial charge in [0.05, 0.1) is 5.57 Å². The number of aromatic hydroxyl groups is 1. The Hall–Kier alpha value is -2.55. The smallest absolute Gasteiger partial charge is 0.254 e. The van der Waals surface area contributed by atoms with Crippen molar-refractivity contribution in [2.75, 3.05) is 13.1 Å². The molecule has 0 aromatic heterocycles. The summed E-state index contributed by atoms with van der Waals surface area (Å²) < 4.78 is 0. The lowest BCUT2D eigenvalue weighted by atomic mass is 10.0. The number of nitrogens with zero attached hydrogens (tertiary/aromatic N) is 1. The molecule has 0 saturated carbocycles. The third-order valence-corrected chi connectivity index (χ3v) is 3.59. The fourth-order valence-corrected chi connectivity index (χ4v) is 2.35. The molecule has 114 valence electrons. The molecule has 0 saturated heterocycles. The van der Waals surface area contributed by atoms with E-state index in [2.05, 4.69) is 0 Å². The summed E-state index contributed by atoms with van der Waals surface area (Å²) in [6.07, 6.45) is 1.83. The van der Waals surface area contributed by atoms with Crippen molar-refractivity contribution < 1.29 is 9.90 Å². The molecule has 0 aliphatic heterocycles. The predicted molar refractivity (Wildman–Crippen MR) is 90.3 cm³/mol. The van der Waals surface area contributed by atoms with Crippen molar-refractivity contribution in [1.29, 1.82) is 0 Å². The fraction of sp³-hybridized carbons (Fsp3) is 0.211. The summed E-state index contributed by atoms with van der Waals surface area (Å²) in [6, 6.07) is 16.6. The third-order valence-electron chi connectivity index (χ3n) is 3.59. The molecular formula is C19H21NO2. The maximum absolute atomic E-state index is 12.8. The van der Waals surface area contributed by atoms with Crippen molar-refractivity contribution in [2.45, 2.75) is 13.8 Å². The van der Waals surface area contributed by atoms with Gasteiger partial charge in [0, 0.05) is 18.7 Å². The van der Waals surface area contributed by atoms with Crippen molar-refractivity contribution in [3.05, 3.63) is 65.7 Å². The number of phenolic OH excluding ortho intramolecular Hbond substituents is 1. The highest BCUT2D eigenvalue weighted by atomic mass is 16.3. The highest BCUT2D eigenvalue weighted by Gasteiger charge is 2.19. The standard InChI is InChI=1S/C19H21NO2/c1-3-20(4-2)19(22)17(14-15-10-6-5-7-11-15)16-12-8-9-13-18(16)21/h5-14,21H,3-4H2,1-2H3/b17-14-. The summed E-state index contributed by atoms with van der Waals surface area (Å²) in [5.41, 5.74) is 2.00. The van der Waals surface area contributed by atoms with Gasteiger partial charge in [0.25, 0.3) is 5.91 Å². The van der Waals surface area contributed by atoms with Gasteiger partial charge >= 0.3 is 0 Å². The van der Waals surface area contributed by atoms with E-state index in [4.69, 9.17) is 0 Å². The van der Waals surface area contributed by atoms with Crippen LogP contribution in [0.2, 0.25) is 0 Å². The van der Waals surface area contributed by atoms with Crippen LogP contribution in [-0.4, -0.2) is 29.0 Å². The molecule has 0 bridgehead atoms. The molecule has 0 heterocycles. The van der Waals surface area contributed by atoms with Crippen LogP contribution in [0.25, 0.3) is 11.6 Å². The molecule has 3 nitrogen and oxygen atoms in total. The Morgan fingerprint density at radius 2 is 1.59 bits per heavy atom. The molecule has 0 unspecified atom stereocenters. The first-order valence-corrected chi connectivity index (χ1v) is 7.51. The molecule has 0 aliphatic carbocycles. The van der Waals surface area contributed by atoms with E-state index in [-0.39, 0.29) is 11.7 Å². The normalized spacial score (nSPS) is 11.3. The van der Waals surface area contributed by atoms with Crippen LogP contribution < -0.4 is 0 Å². The van der Waals surface area contributed by atoms with E-state index in [0.29, 0.717) is 24.2 Å². The van der Waals surface area contributed by atoms with E-state index >= 15 is 0 Å². The van der Waals surface area contributed by atoms with E-state index in [1.165, 1.54) is 0 Å². The van der Waals surface area contributed by atoms with Gasteiger partial charge in [0.15, 0.2) is 0 Å². The number of phenols is 1. The predicted octanol–water partition coefficient (Wildman–Crippen LogP) is 3.80. The van der Waals surface area contributed by atoms with Gasteiger partial charge in [-0.15, -0.1) is 0 Å². The first-order valence-electron chi connectivity index (χ1n) is 7.51. The van der Waals surface area contributed by atoms with Crippen LogP contribution in [0.3, 0.4) is 0 Å². The zero-order chi connectivity index (χ0) is 15.9. The number of amides is 1. The van der Waals surface area contributed by atoms with Crippen molar-refractivity contribution >= 4 is 17.6 Å². The highest BCUT2D eigenvalue weighted by molar-refractivity contribution is 6.24. The molecule has 0 radical (unpaired) electrons. The Labute approximate surface area is 131 Å². The van der Waals surface area contributed by atoms with Gasteiger partial charge < -0.3 is 10.0 Å². The molecule has 0 spiro atoms. The quantitative estimate of drug-likeness (QED) is 0.673. The van der Waals surface area contributed by atoms with E-state index < -0.39 is 0 Å². The average Bonchev–Trinajstić information content (AvgIpc) is 2.55. The average molecular weight is 295 g/mol. The van der Waals surface area contributed by atoms with Crippen LogP contribution in [0.4, 0.5) is 0 Å². The number of para-hydroxylation sites is 1. The maximum Gasteiger partial charge on any atom is 0.254 e. The molecule has 3 heteroatoms. The summed E-state index contributed by atoms with van der Waals surface area (Å²) in [7, 11) is 0. The SMILES string of the molecule is CCN(CC)C(=O)/C(=C\c1ccccc1)c1ccccc1O. The lowest BCUT2D eigenvalue weighted by Crippen LogP contribution is -2.31. The Morgan fingerprint density at radius 3 is 2.18 bits per heavy atom.